The molecule has 0 fully saturated rings. The molecule has 1 aromatic carbocycles. The molecule has 0 spiro atoms. The molecular weight excluding hydrogens is 303 g/mol. The number of halogens is 1. The number of rotatable bonds is 3. The van der Waals surface area contributed by atoms with Crippen LogP contribution in [-0.4, -0.2) is 9.97 Å². The van der Waals surface area contributed by atoms with E-state index in [1.807, 2.05) is 6.07 Å². The van der Waals surface area contributed by atoms with Crippen LogP contribution in [0, 0.1) is 10.5 Å². The van der Waals surface area contributed by atoms with Crippen LogP contribution in [0.3, 0.4) is 0 Å². The third-order valence-electron chi connectivity index (χ3n) is 3.68. The Morgan fingerprint density at radius 2 is 2.10 bits per heavy atom. The lowest BCUT2D eigenvalue weighted by atomic mass is 10.1. The Labute approximate surface area is 133 Å². The number of aromatic nitrogens is 2. The number of H-pyrrole nitrogens is 1. The first-order chi connectivity index (χ1) is 10.2. The van der Waals surface area contributed by atoms with Gasteiger partial charge >= 0.3 is 0 Å². The maximum absolute atomic E-state index is 13.2. The van der Waals surface area contributed by atoms with E-state index in [9.17, 15) is 4.39 Å². The van der Waals surface area contributed by atoms with Crippen molar-refractivity contribution in [3.05, 3.63) is 51.8 Å². The molecule has 1 heterocycles. The number of fused-ring (bicyclic) bond motifs is 1. The number of aryl methyl sites for hydroxylation is 1. The van der Waals surface area contributed by atoms with Crippen molar-refractivity contribution >= 4 is 24.0 Å². The standard InChI is InChI=1S/C16H17FN2S2/c17-11-5-4-6-12(9-11)21-10-15-18-14-8-3-1-2-7-13(14)16(20)19-15/h4-6,9H,1-3,7-8,10H2,(H,18,19,20). The van der Waals surface area contributed by atoms with Crippen molar-refractivity contribution in [2.45, 2.75) is 42.8 Å². The minimum absolute atomic E-state index is 0.206. The maximum Gasteiger partial charge on any atom is 0.133 e. The van der Waals surface area contributed by atoms with E-state index >= 15 is 0 Å². The number of aromatic amines is 1. The van der Waals surface area contributed by atoms with Gasteiger partial charge in [0.2, 0.25) is 0 Å². The van der Waals surface area contributed by atoms with E-state index in [1.165, 1.54) is 36.6 Å². The Balaban J connectivity index is 1.78. The van der Waals surface area contributed by atoms with E-state index in [4.69, 9.17) is 12.2 Å². The van der Waals surface area contributed by atoms with Crippen molar-refractivity contribution in [2.24, 2.45) is 0 Å². The lowest BCUT2D eigenvalue weighted by Gasteiger charge is -2.09. The van der Waals surface area contributed by atoms with Gasteiger partial charge < -0.3 is 4.98 Å². The molecule has 0 saturated carbocycles. The highest BCUT2D eigenvalue weighted by Gasteiger charge is 2.12. The Bertz CT molecular complexity index is 697. The van der Waals surface area contributed by atoms with Gasteiger partial charge in [0, 0.05) is 16.2 Å². The third-order valence-corrected chi connectivity index (χ3v) is 5.02. The number of nitrogens with one attached hydrogen (secondary N) is 1. The Morgan fingerprint density at radius 3 is 2.95 bits per heavy atom. The van der Waals surface area contributed by atoms with Crippen LogP contribution in [0.2, 0.25) is 0 Å². The molecular formula is C16H17FN2S2. The molecule has 110 valence electrons. The zero-order valence-corrected chi connectivity index (χ0v) is 13.3. The van der Waals surface area contributed by atoms with Crippen LogP contribution >= 0.6 is 24.0 Å². The van der Waals surface area contributed by atoms with Gasteiger partial charge in [0.25, 0.3) is 0 Å². The molecule has 0 atom stereocenters. The summed E-state index contributed by atoms with van der Waals surface area (Å²) in [5.41, 5.74) is 2.48. The molecule has 21 heavy (non-hydrogen) atoms. The van der Waals surface area contributed by atoms with Crippen LogP contribution in [0.5, 0.6) is 0 Å². The predicted molar refractivity (Wildman–Crippen MR) is 86.6 cm³/mol. The molecule has 0 radical (unpaired) electrons. The van der Waals surface area contributed by atoms with Crippen molar-refractivity contribution in [1.29, 1.82) is 0 Å². The van der Waals surface area contributed by atoms with E-state index in [2.05, 4.69) is 9.97 Å². The molecule has 1 N–H and O–H groups in total. The number of thioether (sulfide) groups is 1. The Hall–Kier alpha value is -1.20. The number of nitrogens with zero attached hydrogens (tertiary/aromatic N) is 1. The molecule has 0 aliphatic heterocycles. The topological polar surface area (TPSA) is 28.7 Å². The maximum atomic E-state index is 13.2. The summed E-state index contributed by atoms with van der Waals surface area (Å²) in [6.45, 7) is 0. The second-order valence-corrected chi connectivity index (χ2v) is 6.69. The summed E-state index contributed by atoms with van der Waals surface area (Å²) in [6, 6.07) is 6.64. The summed E-state index contributed by atoms with van der Waals surface area (Å²) in [6.07, 6.45) is 5.75. The van der Waals surface area contributed by atoms with Crippen LogP contribution in [0.1, 0.15) is 36.3 Å². The van der Waals surface area contributed by atoms with Crippen molar-refractivity contribution in [3.63, 3.8) is 0 Å². The predicted octanol–water partition coefficient (Wildman–Crippen LogP) is 4.84. The largest absolute Gasteiger partial charge is 0.346 e. The van der Waals surface area contributed by atoms with E-state index in [1.54, 1.807) is 23.9 Å². The van der Waals surface area contributed by atoms with Crippen molar-refractivity contribution in [1.82, 2.24) is 9.97 Å². The summed E-state index contributed by atoms with van der Waals surface area (Å²) in [7, 11) is 0. The van der Waals surface area contributed by atoms with Crippen molar-refractivity contribution < 1.29 is 4.39 Å². The number of benzene rings is 1. The molecule has 1 aromatic heterocycles. The van der Waals surface area contributed by atoms with Gasteiger partial charge in [-0.1, -0.05) is 24.7 Å². The highest BCUT2D eigenvalue weighted by atomic mass is 32.2. The first-order valence-corrected chi connectivity index (χ1v) is 8.61. The minimum atomic E-state index is -0.206. The normalized spacial score (nSPS) is 14.5. The molecule has 1 aliphatic carbocycles. The first kappa shape index (κ1) is 14.7. The highest BCUT2D eigenvalue weighted by molar-refractivity contribution is 7.98. The van der Waals surface area contributed by atoms with Gasteiger partial charge in [-0.25, -0.2) is 9.37 Å². The monoisotopic (exact) mass is 320 g/mol. The highest BCUT2D eigenvalue weighted by Crippen LogP contribution is 2.24. The van der Waals surface area contributed by atoms with Crippen LogP contribution < -0.4 is 0 Å². The SMILES string of the molecule is Fc1cccc(SCc2nc(=S)c3c([nH]2)CCCCC3)c1. The van der Waals surface area contributed by atoms with Gasteiger partial charge in [0.1, 0.15) is 16.3 Å². The van der Waals surface area contributed by atoms with E-state index < -0.39 is 0 Å². The fourth-order valence-corrected chi connectivity index (χ4v) is 3.77. The molecule has 1 aliphatic rings. The molecule has 0 bridgehead atoms. The van der Waals surface area contributed by atoms with Crippen LogP contribution in [0.15, 0.2) is 29.2 Å². The number of hydrogen-bond acceptors (Lipinski definition) is 3. The first-order valence-electron chi connectivity index (χ1n) is 7.22. The summed E-state index contributed by atoms with van der Waals surface area (Å²) in [5, 5.41) is 0. The zero-order valence-electron chi connectivity index (χ0n) is 11.7. The van der Waals surface area contributed by atoms with Gasteiger partial charge in [0.05, 0.1) is 5.75 Å². The van der Waals surface area contributed by atoms with Gasteiger partial charge in [-0.2, -0.15) is 0 Å². The van der Waals surface area contributed by atoms with E-state index in [0.29, 0.717) is 5.75 Å². The minimum Gasteiger partial charge on any atom is -0.346 e. The van der Waals surface area contributed by atoms with E-state index in [0.717, 1.165) is 28.2 Å². The van der Waals surface area contributed by atoms with E-state index in [-0.39, 0.29) is 5.82 Å². The molecule has 0 saturated heterocycles. The number of hydrogen-bond donors (Lipinski definition) is 1. The van der Waals surface area contributed by atoms with Gasteiger partial charge in [-0.15, -0.1) is 11.8 Å². The second-order valence-electron chi connectivity index (χ2n) is 5.25. The van der Waals surface area contributed by atoms with Crippen LogP contribution in [0.4, 0.5) is 4.39 Å². The molecule has 0 unspecified atom stereocenters. The van der Waals surface area contributed by atoms with Gasteiger partial charge in [-0.05, 0) is 43.9 Å². The van der Waals surface area contributed by atoms with Crippen LogP contribution in [-0.2, 0) is 18.6 Å². The fourth-order valence-electron chi connectivity index (χ4n) is 2.63. The fraction of sp³-hybridized carbons (Fsp3) is 0.375. The summed E-state index contributed by atoms with van der Waals surface area (Å²) >= 11 is 7.01. The summed E-state index contributed by atoms with van der Waals surface area (Å²) < 4.78 is 13.9. The molecule has 3 rings (SSSR count). The van der Waals surface area contributed by atoms with Crippen molar-refractivity contribution in [2.75, 3.05) is 0 Å². The smallest absolute Gasteiger partial charge is 0.133 e. The Kier molecular flexibility index (Phi) is 4.70. The zero-order chi connectivity index (χ0) is 14.7. The lowest BCUT2D eigenvalue weighted by molar-refractivity contribution is 0.624. The summed E-state index contributed by atoms with van der Waals surface area (Å²) in [5.74, 6) is 1.36. The average Bonchev–Trinajstić information content (AvgIpc) is 2.71. The third kappa shape index (κ3) is 3.71. The molecule has 2 aromatic rings. The Morgan fingerprint density at radius 1 is 1.24 bits per heavy atom. The molecule has 2 nitrogen and oxygen atoms in total. The average molecular weight is 320 g/mol. The van der Waals surface area contributed by atoms with Gasteiger partial charge in [-0.3, -0.25) is 0 Å². The van der Waals surface area contributed by atoms with Crippen molar-refractivity contribution in [3.8, 4) is 0 Å². The lowest BCUT2D eigenvalue weighted by Crippen LogP contribution is -2.03. The molecule has 0 amide bonds. The summed E-state index contributed by atoms with van der Waals surface area (Å²) in [4.78, 5) is 8.86. The van der Waals surface area contributed by atoms with Crippen LogP contribution in [0.25, 0.3) is 0 Å². The molecule has 5 heteroatoms. The van der Waals surface area contributed by atoms with Gasteiger partial charge in [0.15, 0.2) is 0 Å². The quantitative estimate of drug-likeness (QED) is 0.498. The second kappa shape index (κ2) is 6.71.